The summed E-state index contributed by atoms with van der Waals surface area (Å²) in [7, 11) is 3.94. The van der Waals surface area contributed by atoms with Crippen molar-refractivity contribution in [3.63, 3.8) is 0 Å². The number of carbonyl (C=O) groups is 2. The third-order valence-corrected chi connectivity index (χ3v) is 6.71. The monoisotopic (exact) mass is 292 g/mol. The normalized spacial score (nSPS) is 50.9. The van der Waals surface area contributed by atoms with Gasteiger partial charge < -0.3 is 10.0 Å². The standard InChI is InChI=1S/C16H24N2O3/c1-17-5-3-11-12-7-10(19)8-15(12)4-6-18(2)13(14(15)20)16(11,21)9-17/h11-13,21H,3-9H2,1-2H3/t11-,12+,13-,15+,16-/m0/s1. The molecule has 0 aromatic heterocycles. The maximum absolute atomic E-state index is 13.2. The Kier molecular flexibility index (Phi) is 2.74. The number of nitrogens with zero attached hydrogens (tertiary/aromatic N) is 2. The molecule has 116 valence electrons. The number of aliphatic hydroxyl groups is 1. The first-order chi connectivity index (χ1) is 9.88. The smallest absolute Gasteiger partial charge is 0.159 e. The molecule has 2 aliphatic carbocycles. The highest BCUT2D eigenvalue weighted by molar-refractivity contribution is 6.00. The number of carbonyl (C=O) groups excluding carboxylic acids is 2. The summed E-state index contributed by atoms with van der Waals surface area (Å²) in [6.45, 7) is 2.29. The molecule has 2 heterocycles. The van der Waals surface area contributed by atoms with Gasteiger partial charge in [-0.1, -0.05) is 0 Å². The lowest BCUT2D eigenvalue weighted by molar-refractivity contribution is -0.205. The molecule has 1 N–H and O–H groups in total. The lowest BCUT2D eigenvalue weighted by Gasteiger charge is -2.62. The SMILES string of the molecule is CN1CC[C@H]2[C@H]3CC(=O)C[C@]34CCN(C)[C@@H](C4=O)[C@]2(O)C1. The zero-order valence-electron chi connectivity index (χ0n) is 12.8. The fourth-order valence-corrected chi connectivity index (χ4v) is 5.85. The summed E-state index contributed by atoms with van der Waals surface area (Å²) in [4.78, 5) is 29.4. The van der Waals surface area contributed by atoms with Crippen molar-refractivity contribution >= 4 is 11.6 Å². The highest BCUT2D eigenvalue weighted by Gasteiger charge is 2.70. The summed E-state index contributed by atoms with van der Waals surface area (Å²) in [5.74, 6) is 0.521. The second-order valence-corrected chi connectivity index (χ2v) is 7.80. The minimum Gasteiger partial charge on any atom is -0.386 e. The van der Waals surface area contributed by atoms with Gasteiger partial charge in [-0.15, -0.1) is 0 Å². The molecule has 5 atom stereocenters. The second kappa shape index (κ2) is 4.15. The fourth-order valence-electron chi connectivity index (χ4n) is 5.85. The number of β-amino-alcohol motifs (C(OH)–C–C–N with tert-alkyl or cyclic N) is 1. The van der Waals surface area contributed by atoms with E-state index < -0.39 is 17.1 Å². The first-order valence-corrected chi connectivity index (χ1v) is 8.06. The maximum Gasteiger partial charge on any atom is 0.159 e. The molecule has 1 spiro atoms. The second-order valence-electron chi connectivity index (χ2n) is 7.80. The van der Waals surface area contributed by atoms with Crippen LogP contribution in [0.2, 0.25) is 0 Å². The molecule has 0 unspecified atom stereocenters. The summed E-state index contributed by atoms with van der Waals surface area (Å²) in [5, 5.41) is 11.4. The van der Waals surface area contributed by atoms with Crippen molar-refractivity contribution in [2.45, 2.75) is 37.3 Å². The van der Waals surface area contributed by atoms with Crippen molar-refractivity contribution in [2.24, 2.45) is 17.3 Å². The van der Waals surface area contributed by atoms with Crippen LogP contribution < -0.4 is 0 Å². The molecule has 5 nitrogen and oxygen atoms in total. The van der Waals surface area contributed by atoms with Crippen LogP contribution in [0.25, 0.3) is 0 Å². The first kappa shape index (κ1) is 13.9. The first-order valence-electron chi connectivity index (χ1n) is 8.06. The number of rotatable bonds is 0. The lowest BCUT2D eigenvalue weighted by Crippen LogP contribution is -2.76. The summed E-state index contributed by atoms with van der Waals surface area (Å²) in [6, 6.07) is -0.429. The van der Waals surface area contributed by atoms with Crippen molar-refractivity contribution in [2.75, 3.05) is 33.7 Å². The average Bonchev–Trinajstić information content (AvgIpc) is 2.72. The number of fused-ring (bicyclic) bond motifs is 4. The molecular formula is C16H24N2O3. The van der Waals surface area contributed by atoms with Crippen LogP contribution in [0.1, 0.15) is 25.7 Å². The lowest BCUT2D eigenvalue weighted by atomic mass is 9.50. The Hall–Kier alpha value is -0.780. The fraction of sp³-hybridized carbons (Fsp3) is 0.875. The zero-order chi connectivity index (χ0) is 15.0. The number of hydrogen-bond donors (Lipinski definition) is 1. The molecule has 4 fully saturated rings. The number of ketones is 2. The van der Waals surface area contributed by atoms with Gasteiger partial charge in [-0.05, 0) is 51.9 Å². The largest absolute Gasteiger partial charge is 0.386 e. The van der Waals surface area contributed by atoms with Crippen LogP contribution in [0.4, 0.5) is 0 Å². The minimum absolute atomic E-state index is 0.0705. The Bertz CT molecular complexity index is 522. The van der Waals surface area contributed by atoms with Gasteiger partial charge in [0.05, 0.1) is 6.04 Å². The van der Waals surface area contributed by atoms with Crippen LogP contribution in [-0.2, 0) is 9.59 Å². The van der Waals surface area contributed by atoms with Gasteiger partial charge in [0.15, 0.2) is 5.78 Å². The van der Waals surface area contributed by atoms with Gasteiger partial charge in [0, 0.05) is 24.8 Å². The molecule has 5 heteroatoms. The van der Waals surface area contributed by atoms with E-state index in [0.717, 1.165) is 25.9 Å². The summed E-state index contributed by atoms with van der Waals surface area (Å²) in [5.41, 5.74) is -1.45. The van der Waals surface area contributed by atoms with Crippen LogP contribution in [0.5, 0.6) is 0 Å². The Morgan fingerprint density at radius 3 is 2.71 bits per heavy atom. The van der Waals surface area contributed by atoms with Gasteiger partial charge in [0.2, 0.25) is 0 Å². The number of likely N-dealkylation sites (N-methyl/N-ethyl adjacent to an activating group) is 2. The minimum atomic E-state index is -0.988. The maximum atomic E-state index is 13.2. The Balaban J connectivity index is 1.85. The average molecular weight is 292 g/mol. The van der Waals surface area contributed by atoms with Crippen molar-refractivity contribution in [1.82, 2.24) is 9.80 Å². The molecule has 0 radical (unpaired) electrons. The Morgan fingerprint density at radius 1 is 1.19 bits per heavy atom. The van der Waals surface area contributed by atoms with Crippen LogP contribution in [0.3, 0.4) is 0 Å². The number of hydrogen-bond acceptors (Lipinski definition) is 5. The Labute approximate surface area is 125 Å². The number of Topliss-reactive ketones (excluding diaryl/α,β-unsaturated/α-hetero) is 2. The quantitative estimate of drug-likeness (QED) is 0.677. The molecule has 2 saturated carbocycles. The highest BCUT2D eigenvalue weighted by Crippen LogP contribution is 2.60. The van der Waals surface area contributed by atoms with Crippen LogP contribution in [-0.4, -0.2) is 71.8 Å². The third-order valence-electron chi connectivity index (χ3n) is 6.71. The molecule has 2 saturated heterocycles. The molecule has 4 aliphatic rings. The van der Waals surface area contributed by atoms with Gasteiger partial charge in [0.25, 0.3) is 0 Å². The summed E-state index contributed by atoms with van der Waals surface area (Å²) in [6.07, 6.45) is 2.60. The van der Waals surface area contributed by atoms with E-state index in [1.54, 1.807) is 0 Å². The van der Waals surface area contributed by atoms with Crippen LogP contribution in [0, 0.1) is 17.3 Å². The van der Waals surface area contributed by atoms with Crippen molar-refractivity contribution in [1.29, 1.82) is 0 Å². The van der Waals surface area contributed by atoms with Gasteiger partial charge in [-0.25, -0.2) is 0 Å². The van der Waals surface area contributed by atoms with E-state index in [-0.39, 0.29) is 23.4 Å². The summed E-state index contributed by atoms with van der Waals surface area (Å²) >= 11 is 0. The van der Waals surface area contributed by atoms with Crippen molar-refractivity contribution in [3.05, 3.63) is 0 Å². The highest BCUT2D eigenvalue weighted by atomic mass is 16.3. The predicted molar refractivity (Wildman–Crippen MR) is 76.8 cm³/mol. The molecule has 0 aromatic rings. The molecular weight excluding hydrogens is 268 g/mol. The molecule has 4 rings (SSSR count). The molecule has 21 heavy (non-hydrogen) atoms. The van der Waals surface area contributed by atoms with Crippen LogP contribution in [0.15, 0.2) is 0 Å². The number of piperidine rings is 2. The molecule has 2 aliphatic heterocycles. The van der Waals surface area contributed by atoms with E-state index in [2.05, 4.69) is 4.90 Å². The van der Waals surface area contributed by atoms with E-state index in [4.69, 9.17) is 0 Å². The summed E-state index contributed by atoms with van der Waals surface area (Å²) < 4.78 is 0. The van der Waals surface area contributed by atoms with Crippen LogP contribution >= 0.6 is 0 Å². The van der Waals surface area contributed by atoms with Gasteiger partial charge in [0.1, 0.15) is 11.4 Å². The topological polar surface area (TPSA) is 60.9 Å². The molecule has 0 aromatic carbocycles. The van der Waals surface area contributed by atoms with E-state index in [0.29, 0.717) is 19.4 Å². The van der Waals surface area contributed by atoms with Gasteiger partial charge in [-0.2, -0.15) is 0 Å². The van der Waals surface area contributed by atoms with Crippen molar-refractivity contribution in [3.8, 4) is 0 Å². The predicted octanol–water partition coefficient (Wildman–Crippen LogP) is -0.0785. The Morgan fingerprint density at radius 2 is 1.95 bits per heavy atom. The van der Waals surface area contributed by atoms with E-state index in [9.17, 15) is 14.7 Å². The molecule has 0 amide bonds. The van der Waals surface area contributed by atoms with E-state index in [1.807, 2.05) is 19.0 Å². The zero-order valence-corrected chi connectivity index (χ0v) is 12.8. The third kappa shape index (κ3) is 1.57. The number of likely N-dealkylation sites (tertiary alicyclic amines) is 2. The van der Waals surface area contributed by atoms with Crippen molar-refractivity contribution < 1.29 is 14.7 Å². The van der Waals surface area contributed by atoms with E-state index >= 15 is 0 Å². The molecule has 2 bridgehead atoms. The van der Waals surface area contributed by atoms with E-state index in [1.165, 1.54) is 0 Å². The van der Waals surface area contributed by atoms with Gasteiger partial charge in [-0.3, -0.25) is 14.5 Å². The van der Waals surface area contributed by atoms with Gasteiger partial charge >= 0.3 is 0 Å².